The molecule has 1 rings (SSSR count). The molecule has 17 heavy (non-hydrogen) atoms. The highest BCUT2D eigenvalue weighted by molar-refractivity contribution is 5.78. The van der Waals surface area contributed by atoms with E-state index in [-0.39, 0.29) is 5.91 Å². The van der Waals surface area contributed by atoms with E-state index in [0.717, 1.165) is 18.7 Å². The van der Waals surface area contributed by atoms with Crippen molar-refractivity contribution in [3.8, 4) is 0 Å². The number of carbonyl (C=O) groups excluding carboxylic acids is 1. The highest BCUT2D eigenvalue weighted by Crippen LogP contribution is 2.11. The maximum atomic E-state index is 11.7. The van der Waals surface area contributed by atoms with Crippen molar-refractivity contribution in [3.05, 3.63) is 34.9 Å². The normalized spacial score (nSPS) is 10.3. The Morgan fingerprint density at radius 1 is 1.24 bits per heavy atom. The van der Waals surface area contributed by atoms with Crippen LogP contribution >= 0.6 is 0 Å². The van der Waals surface area contributed by atoms with Gasteiger partial charge in [0, 0.05) is 13.1 Å². The predicted octanol–water partition coefficient (Wildman–Crippen LogP) is 1.57. The molecule has 0 heterocycles. The summed E-state index contributed by atoms with van der Waals surface area (Å²) in [6.45, 7) is 8.60. The van der Waals surface area contributed by atoms with E-state index in [1.807, 2.05) is 13.8 Å². The van der Waals surface area contributed by atoms with Crippen molar-refractivity contribution in [3.63, 3.8) is 0 Å². The second-order valence-electron chi connectivity index (χ2n) is 4.31. The van der Waals surface area contributed by atoms with Gasteiger partial charge in [-0.2, -0.15) is 0 Å². The molecule has 0 fully saturated rings. The topological polar surface area (TPSA) is 41.1 Å². The van der Waals surface area contributed by atoms with Crippen LogP contribution in [-0.4, -0.2) is 25.5 Å². The molecule has 0 radical (unpaired) electrons. The molecule has 0 saturated heterocycles. The second-order valence-corrected chi connectivity index (χ2v) is 4.31. The number of likely N-dealkylation sites (N-methyl/N-ethyl adjacent to an activating group) is 1. The van der Waals surface area contributed by atoms with Gasteiger partial charge in [-0.05, 0) is 31.5 Å². The van der Waals surface area contributed by atoms with E-state index in [4.69, 9.17) is 0 Å². The molecule has 1 aromatic rings. The zero-order valence-electron chi connectivity index (χ0n) is 11.0. The summed E-state index contributed by atoms with van der Waals surface area (Å²) in [5, 5.41) is 6.08. The van der Waals surface area contributed by atoms with E-state index in [0.29, 0.717) is 13.0 Å². The number of carbonyl (C=O) groups is 1. The first-order valence-corrected chi connectivity index (χ1v) is 6.17. The molecular weight excluding hydrogens is 212 g/mol. The summed E-state index contributed by atoms with van der Waals surface area (Å²) in [7, 11) is 0. The Bertz CT molecular complexity index is 374. The molecule has 3 heteroatoms. The maximum absolute atomic E-state index is 11.7. The van der Waals surface area contributed by atoms with Crippen molar-refractivity contribution in [2.75, 3.05) is 19.6 Å². The minimum atomic E-state index is 0.0941. The summed E-state index contributed by atoms with van der Waals surface area (Å²) in [6.07, 6.45) is 0.472. The summed E-state index contributed by atoms with van der Waals surface area (Å²) in [5.41, 5.74) is 3.49. The molecule has 0 unspecified atom stereocenters. The van der Waals surface area contributed by atoms with Crippen molar-refractivity contribution >= 4 is 5.91 Å². The zero-order chi connectivity index (χ0) is 12.7. The van der Waals surface area contributed by atoms with Crippen LogP contribution in [-0.2, 0) is 11.2 Å². The van der Waals surface area contributed by atoms with Gasteiger partial charge in [0.1, 0.15) is 0 Å². The van der Waals surface area contributed by atoms with Gasteiger partial charge in [0.25, 0.3) is 0 Å². The molecular formula is C14H22N2O. The van der Waals surface area contributed by atoms with E-state index in [1.54, 1.807) is 0 Å². The fourth-order valence-electron chi connectivity index (χ4n) is 1.69. The Labute approximate surface area is 104 Å². The third kappa shape index (κ3) is 5.00. The number of rotatable bonds is 6. The highest BCUT2D eigenvalue weighted by Gasteiger charge is 2.05. The second kappa shape index (κ2) is 7.07. The largest absolute Gasteiger partial charge is 0.355 e. The molecule has 94 valence electrons. The minimum absolute atomic E-state index is 0.0941. The van der Waals surface area contributed by atoms with Crippen LogP contribution in [0, 0.1) is 13.8 Å². The summed E-state index contributed by atoms with van der Waals surface area (Å²) < 4.78 is 0. The highest BCUT2D eigenvalue weighted by atomic mass is 16.1. The average molecular weight is 234 g/mol. The number of aryl methyl sites for hydroxylation is 2. The summed E-state index contributed by atoms with van der Waals surface area (Å²) in [6, 6.07) is 6.22. The fraction of sp³-hybridized carbons (Fsp3) is 0.500. The van der Waals surface area contributed by atoms with E-state index < -0.39 is 0 Å². The lowest BCUT2D eigenvalue weighted by molar-refractivity contribution is -0.120. The van der Waals surface area contributed by atoms with Crippen molar-refractivity contribution in [1.29, 1.82) is 0 Å². The SMILES string of the molecule is CCNCCNC(=O)Cc1cc(C)ccc1C. The molecule has 0 aromatic heterocycles. The third-order valence-electron chi connectivity index (χ3n) is 2.73. The first-order valence-electron chi connectivity index (χ1n) is 6.17. The number of nitrogens with one attached hydrogen (secondary N) is 2. The van der Waals surface area contributed by atoms with Crippen LogP contribution in [0.15, 0.2) is 18.2 Å². The fourth-order valence-corrected chi connectivity index (χ4v) is 1.69. The summed E-state index contributed by atoms with van der Waals surface area (Å²) in [5.74, 6) is 0.0941. The lowest BCUT2D eigenvalue weighted by Crippen LogP contribution is -2.32. The quantitative estimate of drug-likeness (QED) is 0.734. The van der Waals surface area contributed by atoms with Gasteiger partial charge in [-0.15, -0.1) is 0 Å². The van der Waals surface area contributed by atoms with Gasteiger partial charge < -0.3 is 10.6 Å². The van der Waals surface area contributed by atoms with Gasteiger partial charge in [-0.1, -0.05) is 30.7 Å². The Balaban J connectivity index is 2.42. The van der Waals surface area contributed by atoms with Crippen molar-refractivity contribution in [2.45, 2.75) is 27.2 Å². The first-order chi connectivity index (χ1) is 8.13. The van der Waals surface area contributed by atoms with Crippen LogP contribution in [0.1, 0.15) is 23.6 Å². The molecule has 3 nitrogen and oxygen atoms in total. The molecule has 0 spiro atoms. The molecule has 0 saturated carbocycles. The summed E-state index contributed by atoms with van der Waals surface area (Å²) in [4.78, 5) is 11.7. The Hall–Kier alpha value is -1.35. The number of hydrogen-bond acceptors (Lipinski definition) is 2. The summed E-state index contributed by atoms with van der Waals surface area (Å²) >= 11 is 0. The predicted molar refractivity (Wildman–Crippen MR) is 71.2 cm³/mol. The van der Waals surface area contributed by atoms with Crippen LogP contribution in [0.25, 0.3) is 0 Å². The minimum Gasteiger partial charge on any atom is -0.355 e. The van der Waals surface area contributed by atoms with Gasteiger partial charge >= 0.3 is 0 Å². The number of benzene rings is 1. The monoisotopic (exact) mass is 234 g/mol. The standard InChI is InChI=1S/C14H22N2O/c1-4-15-7-8-16-14(17)10-13-9-11(2)5-6-12(13)3/h5-6,9,15H,4,7-8,10H2,1-3H3,(H,16,17). The first kappa shape index (κ1) is 13.7. The Morgan fingerprint density at radius 3 is 2.71 bits per heavy atom. The molecule has 0 bridgehead atoms. The molecule has 2 N–H and O–H groups in total. The molecule has 1 aromatic carbocycles. The van der Waals surface area contributed by atoms with Crippen LogP contribution in [0.3, 0.4) is 0 Å². The van der Waals surface area contributed by atoms with Gasteiger partial charge in [0.05, 0.1) is 6.42 Å². The van der Waals surface area contributed by atoms with Crippen molar-refractivity contribution in [1.82, 2.24) is 10.6 Å². The van der Waals surface area contributed by atoms with Crippen molar-refractivity contribution in [2.24, 2.45) is 0 Å². The smallest absolute Gasteiger partial charge is 0.224 e. The Morgan fingerprint density at radius 2 is 2.00 bits per heavy atom. The lowest BCUT2D eigenvalue weighted by atomic mass is 10.0. The molecule has 0 aliphatic carbocycles. The van der Waals surface area contributed by atoms with Crippen LogP contribution in [0.2, 0.25) is 0 Å². The molecule has 0 aliphatic rings. The van der Waals surface area contributed by atoms with Crippen molar-refractivity contribution < 1.29 is 4.79 Å². The average Bonchev–Trinajstić information content (AvgIpc) is 2.29. The zero-order valence-corrected chi connectivity index (χ0v) is 11.0. The van der Waals surface area contributed by atoms with E-state index in [9.17, 15) is 4.79 Å². The van der Waals surface area contributed by atoms with Crippen LogP contribution in [0.4, 0.5) is 0 Å². The Kier molecular flexibility index (Phi) is 5.70. The molecule has 1 amide bonds. The van der Waals surface area contributed by atoms with Crippen LogP contribution < -0.4 is 10.6 Å². The van der Waals surface area contributed by atoms with Crippen LogP contribution in [0.5, 0.6) is 0 Å². The van der Waals surface area contributed by atoms with Gasteiger partial charge in [0.15, 0.2) is 0 Å². The van der Waals surface area contributed by atoms with Gasteiger partial charge in [-0.25, -0.2) is 0 Å². The van der Waals surface area contributed by atoms with Gasteiger partial charge in [0.2, 0.25) is 5.91 Å². The van der Waals surface area contributed by atoms with E-state index in [1.165, 1.54) is 11.1 Å². The third-order valence-corrected chi connectivity index (χ3v) is 2.73. The molecule has 0 aliphatic heterocycles. The number of hydrogen-bond donors (Lipinski definition) is 2. The van der Waals surface area contributed by atoms with Gasteiger partial charge in [-0.3, -0.25) is 4.79 Å². The lowest BCUT2D eigenvalue weighted by Gasteiger charge is -2.08. The van der Waals surface area contributed by atoms with E-state index >= 15 is 0 Å². The molecule has 0 atom stereocenters. The van der Waals surface area contributed by atoms with E-state index in [2.05, 4.69) is 35.8 Å². The number of amides is 1. The maximum Gasteiger partial charge on any atom is 0.224 e.